The van der Waals surface area contributed by atoms with Crippen LogP contribution in [-0.4, -0.2) is 29.5 Å². The van der Waals surface area contributed by atoms with Crippen LogP contribution >= 0.6 is 0 Å². The molecule has 22 heavy (non-hydrogen) atoms. The molecule has 1 saturated heterocycles. The van der Waals surface area contributed by atoms with E-state index in [9.17, 15) is 4.79 Å². The topological polar surface area (TPSA) is 66.4 Å². The molecule has 1 aromatic carbocycles. The highest BCUT2D eigenvalue weighted by Crippen LogP contribution is 2.41. The third-order valence-electron chi connectivity index (χ3n) is 4.75. The number of hydrogen-bond donors (Lipinski definition) is 0. The number of para-hydroxylation sites is 2. The second-order valence-electron chi connectivity index (χ2n) is 6.21. The first kappa shape index (κ1) is 13.8. The van der Waals surface area contributed by atoms with Crippen molar-refractivity contribution in [1.29, 1.82) is 0 Å². The Kier molecular flexibility index (Phi) is 3.58. The zero-order chi connectivity index (χ0) is 14.9. The van der Waals surface area contributed by atoms with Gasteiger partial charge in [-0.1, -0.05) is 56.2 Å². The maximum Gasteiger partial charge on any atom is 0.395 e. The van der Waals surface area contributed by atoms with Crippen LogP contribution in [0.5, 0.6) is 6.08 Å². The van der Waals surface area contributed by atoms with Gasteiger partial charge < -0.3 is 14.5 Å². The van der Waals surface area contributed by atoms with Gasteiger partial charge in [-0.3, -0.25) is 4.79 Å². The summed E-state index contributed by atoms with van der Waals surface area (Å²) in [5, 5.41) is 4.68. The summed E-state index contributed by atoms with van der Waals surface area (Å²) < 4.78 is 10.9. The molecule has 0 amide bonds. The first-order valence-electron chi connectivity index (χ1n) is 8.00. The summed E-state index contributed by atoms with van der Waals surface area (Å²) >= 11 is 0. The lowest BCUT2D eigenvalue weighted by atomic mass is 9.85. The number of rotatable bonds is 4. The lowest BCUT2D eigenvalue weighted by Gasteiger charge is -2.34. The minimum Gasteiger partial charge on any atom is -0.650 e. The number of benzene rings is 1. The van der Waals surface area contributed by atoms with Gasteiger partial charge in [-0.05, 0) is 12.1 Å². The smallest absolute Gasteiger partial charge is 0.395 e. The molecular weight excluding hydrogens is 280 g/mol. The summed E-state index contributed by atoms with van der Waals surface area (Å²) in [6.45, 7) is -0.0135. The lowest BCUT2D eigenvalue weighted by molar-refractivity contribution is -0.122. The van der Waals surface area contributed by atoms with E-state index in [0.29, 0.717) is 17.5 Å². The zero-order valence-electron chi connectivity index (χ0n) is 12.4. The third kappa shape index (κ3) is 2.61. The standard InChI is InChI=1S/C17H19N2O3/c20-15(14-9-11-5-1-2-6-12(11)18-14)10-21-17-19-13-7-3-4-8-16(13)22-17/h3-4,7-8,11-12,14H,1-2,5-6,9-10H2/q-1. The lowest BCUT2D eigenvalue weighted by Crippen LogP contribution is -2.23. The quantitative estimate of drug-likeness (QED) is 0.867. The van der Waals surface area contributed by atoms with Crippen molar-refractivity contribution >= 4 is 16.9 Å². The van der Waals surface area contributed by atoms with Crippen LogP contribution in [0.4, 0.5) is 0 Å². The van der Waals surface area contributed by atoms with Crippen molar-refractivity contribution in [2.45, 2.75) is 44.2 Å². The van der Waals surface area contributed by atoms with Crippen molar-refractivity contribution in [2.75, 3.05) is 6.61 Å². The number of oxazole rings is 1. The molecule has 0 spiro atoms. The van der Waals surface area contributed by atoms with Crippen LogP contribution in [0, 0.1) is 5.92 Å². The molecule has 3 unspecified atom stereocenters. The van der Waals surface area contributed by atoms with Crippen molar-refractivity contribution in [2.24, 2.45) is 5.92 Å². The molecule has 2 aliphatic rings. The predicted molar refractivity (Wildman–Crippen MR) is 82.0 cm³/mol. The second kappa shape index (κ2) is 5.72. The summed E-state index contributed by atoms with van der Waals surface area (Å²) in [4.78, 5) is 16.5. The Morgan fingerprint density at radius 2 is 2.18 bits per heavy atom. The Labute approximate surface area is 129 Å². The number of nitrogens with zero attached hydrogens (tertiary/aromatic N) is 2. The average Bonchev–Trinajstić information content (AvgIpc) is 3.15. The van der Waals surface area contributed by atoms with E-state index in [0.717, 1.165) is 18.4 Å². The molecule has 5 heteroatoms. The third-order valence-corrected chi connectivity index (χ3v) is 4.75. The summed E-state index contributed by atoms with van der Waals surface area (Å²) in [5.41, 5.74) is 1.41. The van der Waals surface area contributed by atoms with E-state index in [-0.39, 0.29) is 24.5 Å². The highest BCUT2D eigenvalue weighted by molar-refractivity contribution is 5.88. The van der Waals surface area contributed by atoms with Gasteiger partial charge in [0.15, 0.2) is 11.4 Å². The van der Waals surface area contributed by atoms with E-state index >= 15 is 0 Å². The number of carbonyl (C=O) groups is 1. The Morgan fingerprint density at radius 1 is 1.32 bits per heavy atom. The van der Waals surface area contributed by atoms with Crippen LogP contribution in [0.25, 0.3) is 16.4 Å². The fourth-order valence-corrected chi connectivity index (χ4v) is 3.59. The predicted octanol–water partition coefficient (Wildman–Crippen LogP) is 3.48. The number of Topliss-reactive ketones (excluding diaryl/α,β-unsaturated/α-hetero) is 1. The Bertz CT molecular complexity index is 634. The first-order chi connectivity index (χ1) is 10.8. The maximum atomic E-state index is 12.3. The summed E-state index contributed by atoms with van der Waals surface area (Å²) in [7, 11) is 0. The molecule has 4 rings (SSSR count). The van der Waals surface area contributed by atoms with Crippen molar-refractivity contribution in [3.8, 4) is 6.08 Å². The largest absolute Gasteiger partial charge is 0.650 e. The molecule has 1 saturated carbocycles. The van der Waals surface area contributed by atoms with Crippen molar-refractivity contribution < 1.29 is 13.9 Å². The van der Waals surface area contributed by atoms with Crippen LogP contribution in [-0.2, 0) is 4.79 Å². The second-order valence-corrected chi connectivity index (χ2v) is 6.21. The van der Waals surface area contributed by atoms with Crippen molar-refractivity contribution in [1.82, 2.24) is 4.98 Å². The van der Waals surface area contributed by atoms with E-state index in [4.69, 9.17) is 9.15 Å². The van der Waals surface area contributed by atoms with Gasteiger partial charge in [0.2, 0.25) is 0 Å². The Balaban J connectivity index is 1.36. The molecule has 5 nitrogen and oxygen atoms in total. The number of carbonyl (C=O) groups excluding carboxylic acids is 1. The van der Waals surface area contributed by atoms with Gasteiger partial charge in [-0.25, -0.2) is 0 Å². The van der Waals surface area contributed by atoms with E-state index in [1.54, 1.807) is 0 Å². The van der Waals surface area contributed by atoms with Crippen LogP contribution in [0.2, 0.25) is 0 Å². The molecule has 2 fully saturated rings. The van der Waals surface area contributed by atoms with E-state index in [1.165, 1.54) is 19.3 Å². The van der Waals surface area contributed by atoms with Gasteiger partial charge in [0.05, 0.1) is 0 Å². The molecule has 0 radical (unpaired) electrons. The van der Waals surface area contributed by atoms with Gasteiger partial charge in [-0.15, -0.1) is 6.04 Å². The summed E-state index contributed by atoms with van der Waals surface area (Å²) in [6.07, 6.45) is 5.91. The molecule has 1 aliphatic carbocycles. The van der Waals surface area contributed by atoms with Crippen molar-refractivity contribution in [3.05, 3.63) is 29.6 Å². The number of ketones is 1. The number of ether oxygens (including phenoxy) is 1. The van der Waals surface area contributed by atoms with E-state index < -0.39 is 0 Å². The average molecular weight is 299 g/mol. The zero-order valence-corrected chi connectivity index (χ0v) is 12.4. The highest BCUT2D eigenvalue weighted by Gasteiger charge is 2.29. The summed E-state index contributed by atoms with van der Waals surface area (Å²) in [6, 6.07) is 7.64. The molecule has 2 heterocycles. The molecule has 3 atom stereocenters. The minimum atomic E-state index is -0.197. The number of fused-ring (bicyclic) bond motifs is 2. The van der Waals surface area contributed by atoms with Crippen LogP contribution in [0.15, 0.2) is 28.7 Å². The first-order valence-corrected chi connectivity index (χ1v) is 8.00. The molecule has 116 valence electrons. The maximum absolute atomic E-state index is 12.3. The van der Waals surface area contributed by atoms with E-state index in [2.05, 4.69) is 10.3 Å². The van der Waals surface area contributed by atoms with Crippen LogP contribution < -0.4 is 4.74 Å². The fourth-order valence-electron chi connectivity index (χ4n) is 3.59. The molecule has 0 N–H and O–H groups in total. The van der Waals surface area contributed by atoms with Gasteiger partial charge in [0.25, 0.3) is 0 Å². The normalized spacial score (nSPS) is 27.7. The van der Waals surface area contributed by atoms with Crippen LogP contribution in [0.3, 0.4) is 0 Å². The summed E-state index contributed by atoms with van der Waals surface area (Å²) in [5.74, 6) is 0.642. The number of hydrogen-bond acceptors (Lipinski definition) is 4. The molecule has 2 aromatic rings. The molecule has 0 bridgehead atoms. The van der Waals surface area contributed by atoms with Gasteiger partial charge in [0, 0.05) is 0 Å². The van der Waals surface area contributed by atoms with Gasteiger partial charge >= 0.3 is 6.08 Å². The number of aromatic nitrogens is 1. The van der Waals surface area contributed by atoms with Gasteiger partial charge in [-0.2, -0.15) is 4.98 Å². The van der Waals surface area contributed by atoms with E-state index in [1.807, 2.05) is 24.3 Å². The monoisotopic (exact) mass is 299 g/mol. The minimum absolute atomic E-state index is 0.0135. The van der Waals surface area contributed by atoms with Gasteiger partial charge in [0.1, 0.15) is 12.1 Å². The Morgan fingerprint density at radius 3 is 3.05 bits per heavy atom. The molecular formula is C17H19N2O3-. The highest BCUT2D eigenvalue weighted by atomic mass is 16.6. The van der Waals surface area contributed by atoms with Crippen molar-refractivity contribution in [3.63, 3.8) is 0 Å². The molecule has 1 aliphatic heterocycles. The van der Waals surface area contributed by atoms with Crippen LogP contribution in [0.1, 0.15) is 32.1 Å². The SMILES string of the molecule is O=C(COc1nc2ccccc2o1)C1CC2CCCCC2[N-]1. The fraction of sp³-hybridized carbons (Fsp3) is 0.529. The molecule has 1 aromatic heterocycles. The Hall–Kier alpha value is -1.88.